The van der Waals surface area contributed by atoms with Crippen LogP contribution < -0.4 is 5.32 Å². The Hall–Kier alpha value is -2.17. The molecule has 0 aliphatic rings. The third kappa shape index (κ3) is 21.4. The van der Waals surface area contributed by atoms with E-state index in [0.29, 0.717) is 6.42 Å². The Morgan fingerprint density at radius 2 is 1.27 bits per heavy atom. The zero-order valence-corrected chi connectivity index (χ0v) is 20.9. The molecule has 0 bridgehead atoms. The van der Waals surface area contributed by atoms with Crippen LogP contribution in [0.15, 0.2) is 72.9 Å². The third-order valence-corrected chi connectivity index (χ3v) is 4.95. The predicted octanol–water partition coefficient (Wildman–Crippen LogP) is 6.49. The van der Waals surface area contributed by atoms with Crippen LogP contribution in [0.5, 0.6) is 0 Å². The SMILES string of the molecule is CC/C=C\C/C=C\C/C=C\C/C=C\C/C=C\CCCC(=O)NC(CO)C(O)/C=C/CCCC. The second kappa shape index (κ2) is 24.5. The molecule has 0 aliphatic heterocycles. The lowest BCUT2D eigenvalue weighted by Gasteiger charge is -2.19. The van der Waals surface area contributed by atoms with Crippen LogP contribution in [-0.4, -0.2) is 34.9 Å². The number of aliphatic hydroxyl groups is 2. The van der Waals surface area contributed by atoms with E-state index in [-0.39, 0.29) is 12.5 Å². The molecule has 4 heteroatoms. The first-order chi connectivity index (χ1) is 16.2. The Morgan fingerprint density at radius 3 is 1.79 bits per heavy atom. The smallest absolute Gasteiger partial charge is 0.220 e. The zero-order chi connectivity index (χ0) is 24.4. The molecular formula is C29H47NO3. The van der Waals surface area contributed by atoms with Crippen LogP contribution in [0.3, 0.4) is 0 Å². The summed E-state index contributed by atoms with van der Waals surface area (Å²) in [7, 11) is 0. The minimum absolute atomic E-state index is 0.137. The minimum atomic E-state index is -0.859. The number of rotatable bonds is 20. The maximum atomic E-state index is 12.0. The monoisotopic (exact) mass is 457 g/mol. The third-order valence-electron chi connectivity index (χ3n) is 4.95. The molecule has 0 aliphatic carbocycles. The van der Waals surface area contributed by atoms with Gasteiger partial charge in [-0.1, -0.05) is 99.6 Å². The van der Waals surface area contributed by atoms with Crippen LogP contribution in [0, 0.1) is 0 Å². The number of carbonyl (C=O) groups excluding carboxylic acids is 1. The molecule has 33 heavy (non-hydrogen) atoms. The van der Waals surface area contributed by atoms with Gasteiger partial charge in [0.15, 0.2) is 0 Å². The molecule has 0 saturated heterocycles. The summed E-state index contributed by atoms with van der Waals surface area (Å²) in [5.74, 6) is -0.137. The number of unbranched alkanes of at least 4 members (excludes halogenated alkanes) is 3. The van der Waals surface area contributed by atoms with Gasteiger partial charge in [0.1, 0.15) is 0 Å². The van der Waals surface area contributed by atoms with Crippen LogP contribution in [-0.2, 0) is 4.79 Å². The highest BCUT2D eigenvalue weighted by Gasteiger charge is 2.17. The zero-order valence-electron chi connectivity index (χ0n) is 20.9. The first kappa shape index (κ1) is 30.8. The Balaban J connectivity index is 3.84. The van der Waals surface area contributed by atoms with Crippen molar-refractivity contribution < 1.29 is 15.0 Å². The van der Waals surface area contributed by atoms with Crippen molar-refractivity contribution in [1.82, 2.24) is 5.32 Å². The molecule has 0 saturated carbocycles. The van der Waals surface area contributed by atoms with Gasteiger partial charge in [0, 0.05) is 6.42 Å². The van der Waals surface area contributed by atoms with Crippen molar-refractivity contribution in [3.63, 3.8) is 0 Å². The highest BCUT2D eigenvalue weighted by molar-refractivity contribution is 5.76. The molecule has 0 heterocycles. The topological polar surface area (TPSA) is 69.6 Å². The molecule has 2 atom stereocenters. The Kier molecular flexibility index (Phi) is 22.9. The number of amides is 1. The van der Waals surface area contributed by atoms with Gasteiger partial charge in [0.2, 0.25) is 5.91 Å². The van der Waals surface area contributed by atoms with E-state index in [2.05, 4.69) is 79.9 Å². The fraction of sp³-hybridized carbons (Fsp3) is 0.552. The van der Waals surface area contributed by atoms with Gasteiger partial charge in [-0.15, -0.1) is 0 Å². The lowest BCUT2D eigenvalue weighted by molar-refractivity contribution is -0.122. The van der Waals surface area contributed by atoms with Gasteiger partial charge >= 0.3 is 0 Å². The van der Waals surface area contributed by atoms with Gasteiger partial charge in [-0.3, -0.25) is 4.79 Å². The fourth-order valence-electron chi connectivity index (χ4n) is 2.96. The molecule has 0 radical (unpaired) electrons. The number of hydrogen-bond donors (Lipinski definition) is 3. The molecule has 186 valence electrons. The molecule has 0 aromatic carbocycles. The van der Waals surface area contributed by atoms with Gasteiger partial charge in [-0.25, -0.2) is 0 Å². The van der Waals surface area contributed by atoms with Crippen molar-refractivity contribution >= 4 is 5.91 Å². The first-order valence-corrected chi connectivity index (χ1v) is 12.7. The fourth-order valence-corrected chi connectivity index (χ4v) is 2.96. The number of carbonyl (C=O) groups is 1. The van der Waals surface area contributed by atoms with Crippen LogP contribution in [0.2, 0.25) is 0 Å². The summed E-state index contributed by atoms with van der Waals surface area (Å²) in [6.07, 6.45) is 34.3. The largest absolute Gasteiger partial charge is 0.394 e. The van der Waals surface area contributed by atoms with E-state index in [4.69, 9.17) is 0 Å². The molecule has 0 rings (SSSR count). The summed E-state index contributed by atoms with van der Waals surface area (Å²) >= 11 is 0. The van der Waals surface area contributed by atoms with Crippen LogP contribution >= 0.6 is 0 Å². The number of aliphatic hydroxyl groups excluding tert-OH is 2. The molecule has 1 amide bonds. The Bertz CT molecular complexity index is 629. The molecule has 0 fully saturated rings. The number of nitrogens with one attached hydrogen (secondary N) is 1. The lowest BCUT2D eigenvalue weighted by Crippen LogP contribution is -2.45. The number of allylic oxidation sites excluding steroid dienone is 11. The van der Waals surface area contributed by atoms with E-state index >= 15 is 0 Å². The summed E-state index contributed by atoms with van der Waals surface area (Å²) in [4.78, 5) is 12.0. The van der Waals surface area contributed by atoms with Crippen molar-refractivity contribution in [3.8, 4) is 0 Å². The van der Waals surface area contributed by atoms with Gasteiger partial charge in [-0.05, 0) is 51.4 Å². The van der Waals surface area contributed by atoms with Crippen molar-refractivity contribution in [2.45, 2.75) is 96.6 Å². The van der Waals surface area contributed by atoms with Crippen LogP contribution in [0.25, 0.3) is 0 Å². The second-order valence-electron chi connectivity index (χ2n) is 8.02. The second-order valence-corrected chi connectivity index (χ2v) is 8.02. The van der Waals surface area contributed by atoms with E-state index < -0.39 is 12.1 Å². The van der Waals surface area contributed by atoms with E-state index in [1.165, 1.54) is 0 Å². The maximum Gasteiger partial charge on any atom is 0.220 e. The maximum absolute atomic E-state index is 12.0. The van der Waals surface area contributed by atoms with E-state index in [1.54, 1.807) is 6.08 Å². The average molecular weight is 458 g/mol. The molecule has 0 aromatic heterocycles. The van der Waals surface area contributed by atoms with Crippen LogP contribution in [0.4, 0.5) is 0 Å². The summed E-state index contributed by atoms with van der Waals surface area (Å²) in [6, 6.07) is -0.649. The van der Waals surface area contributed by atoms with Gasteiger partial charge in [0.25, 0.3) is 0 Å². The van der Waals surface area contributed by atoms with Gasteiger partial charge < -0.3 is 15.5 Å². The quantitative estimate of drug-likeness (QED) is 0.144. The molecule has 3 N–H and O–H groups in total. The van der Waals surface area contributed by atoms with E-state index in [1.807, 2.05) is 6.08 Å². The standard InChI is InChI=1S/C29H47NO3/c1-3-5-7-9-10-11-12-13-14-15-16-17-18-19-20-21-23-25-29(33)30-27(26-31)28(32)24-22-8-6-4-2/h5,7,10-11,13-14,16-17,19-20,22,24,27-28,31-32H,3-4,6,8-9,12,15,18,21,23,25-26H2,1-2H3,(H,30,33)/b7-5-,11-10-,14-13-,17-16-,20-19-,24-22+. The van der Waals surface area contributed by atoms with Crippen LogP contribution in [0.1, 0.15) is 84.5 Å². The summed E-state index contributed by atoms with van der Waals surface area (Å²) in [5, 5.41) is 22.2. The molecule has 0 aromatic rings. The molecule has 4 nitrogen and oxygen atoms in total. The van der Waals surface area contributed by atoms with E-state index in [9.17, 15) is 15.0 Å². The molecular weight excluding hydrogens is 410 g/mol. The average Bonchev–Trinajstić information content (AvgIpc) is 2.82. The highest BCUT2D eigenvalue weighted by Crippen LogP contribution is 2.03. The van der Waals surface area contributed by atoms with Gasteiger partial charge in [-0.2, -0.15) is 0 Å². The molecule has 0 spiro atoms. The van der Waals surface area contributed by atoms with Crippen molar-refractivity contribution in [1.29, 1.82) is 0 Å². The van der Waals surface area contributed by atoms with Crippen molar-refractivity contribution in [2.75, 3.05) is 6.61 Å². The van der Waals surface area contributed by atoms with Gasteiger partial charge in [0.05, 0.1) is 18.8 Å². The Morgan fingerprint density at radius 1 is 0.758 bits per heavy atom. The predicted molar refractivity (Wildman–Crippen MR) is 142 cm³/mol. The van der Waals surface area contributed by atoms with Crippen molar-refractivity contribution in [2.24, 2.45) is 0 Å². The highest BCUT2D eigenvalue weighted by atomic mass is 16.3. The van der Waals surface area contributed by atoms with E-state index in [0.717, 1.165) is 64.2 Å². The first-order valence-electron chi connectivity index (χ1n) is 12.7. The van der Waals surface area contributed by atoms with Crippen molar-refractivity contribution in [3.05, 3.63) is 72.9 Å². The lowest BCUT2D eigenvalue weighted by atomic mass is 10.1. The number of hydrogen-bond acceptors (Lipinski definition) is 3. The molecule has 2 unspecified atom stereocenters. The summed E-state index contributed by atoms with van der Waals surface area (Å²) < 4.78 is 0. The summed E-state index contributed by atoms with van der Waals surface area (Å²) in [6.45, 7) is 3.98. The minimum Gasteiger partial charge on any atom is -0.394 e. The summed E-state index contributed by atoms with van der Waals surface area (Å²) in [5.41, 5.74) is 0. The Labute approximate surface area is 202 Å². The normalized spacial score (nSPS) is 14.7.